The first kappa shape index (κ1) is 11.0. The lowest BCUT2D eigenvalue weighted by atomic mass is 9.95. The summed E-state index contributed by atoms with van der Waals surface area (Å²) in [5, 5.41) is 12.7. The van der Waals surface area contributed by atoms with Crippen molar-refractivity contribution in [1.29, 1.82) is 5.26 Å². The number of nitriles is 1. The molecule has 0 atom stereocenters. The predicted molar refractivity (Wildman–Crippen MR) is 66.4 cm³/mol. The Hall–Kier alpha value is -1.49. The zero-order valence-electron chi connectivity index (χ0n) is 9.79. The van der Waals surface area contributed by atoms with Crippen LogP contribution in [0.5, 0.6) is 0 Å². The standard InChI is InChI=1S/C14H18N2/c1-11-6-5-9-14(13(11)10-15)16-12-7-3-2-4-8-12/h5-6,9,12,16H,2-4,7-8H2,1H3. The Balaban J connectivity index is 2.14. The largest absolute Gasteiger partial charge is 0.381 e. The number of anilines is 1. The van der Waals surface area contributed by atoms with Gasteiger partial charge in [0.25, 0.3) is 0 Å². The molecule has 1 aliphatic carbocycles. The van der Waals surface area contributed by atoms with Gasteiger partial charge in [-0.15, -0.1) is 0 Å². The van der Waals surface area contributed by atoms with Crippen molar-refractivity contribution in [2.75, 3.05) is 5.32 Å². The lowest BCUT2D eigenvalue weighted by Gasteiger charge is -2.24. The SMILES string of the molecule is Cc1cccc(NC2CCCCC2)c1C#N. The number of nitrogens with zero attached hydrogens (tertiary/aromatic N) is 1. The van der Waals surface area contributed by atoms with E-state index in [1.54, 1.807) is 0 Å². The van der Waals surface area contributed by atoms with Crippen LogP contribution < -0.4 is 5.32 Å². The number of rotatable bonds is 2. The van der Waals surface area contributed by atoms with Gasteiger partial charge in [0, 0.05) is 6.04 Å². The van der Waals surface area contributed by atoms with Gasteiger partial charge in [-0.05, 0) is 31.4 Å². The molecule has 1 fully saturated rings. The van der Waals surface area contributed by atoms with E-state index in [2.05, 4.69) is 11.4 Å². The molecule has 0 radical (unpaired) electrons. The Kier molecular flexibility index (Phi) is 3.46. The molecule has 0 aliphatic heterocycles. The van der Waals surface area contributed by atoms with Gasteiger partial charge in [0.1, 0.15) is 6.07 Å². The zero-order chi connectivity index (χ0) is 11.4. The summed E-state index contributed by atoms with van der Waals surface area (Å²) in [4.78, 5) is 0. The molecule has 1 aromatic carbocycles. The van der Waals surface area contributed by atoms with E-state index in [0.717, 1.165) is 16.8 Å². The van der Waals surface area contributed by atoms with Crippen molar-refractivity contribution in [1.82, 2.24) is 0 Å². The highest BCUT2D eigenvalue weighted by atomic mass is 14.9. The first-order chi connectivity index (χ1) is 7.81. The minimum absolute atomic E-state index is 0.558. The van der Waals surface area contributed by atoms with Gasteiger partial charge in [0.2, 0.25) is 0 Å². The van der Waals surface area contributed by atoms with Crippen molar-refractivity contribution in [2.45, 2.75) is 45.1 Å². The fourth-order valence-corrected chi connectivity index (χ4v) is 2.40. The molecule has 0 heterocycles. The molecule has 84 valence electrons. The molecule has 0 spiro atoms. The summed E-state index contributed by atoms with van der Waals surface area (Å²) in [5.74, 6) is 0. The van der Waals surface area contributed by atoms with E-state index in [9.17, 15) is 0 Å². The average Bonchev–Trinajstić information content (AvgIpc) is 2.31. The number of hydrogen-bond donors (Lipinski definition) is 1. The molecule has 0 saturated heterocycles. The summed E-state index contributed by atoms with van der Waals surface area (Å²) in [5.41, 5.74) is 2.87. The van der Waals surface area contributed by atoms with Crippen LogP contribution in [0.25, 0.3) is 0 Å². The van der Waals surface area contributed by atoms with Crippen LogP contribution in [-0.4, -0.2) is 6.04 Å². The van der Waals surface area contributed by atoms with Gasteiger partial charge >= 0.3 is 0 Å². The summed E-state index contributed by atoms with van der Waals surface area (Å²) in [7, 11) is 0. The monoisotopic (exact) mass is 214 g/mol. The number of nitrogens with one attached hydrogen (secondary N) is 1. The normalized spacial score (nSPS) is 16.8. The van der Waals surface area contributed by atoms with Gasteiger partial charge in [-0.25, -0.2) is 0 Å². The summed E-state index contributed by atoms with van der Waals surface area (Å²) in [6, 6.07) is 8.87. The molecule has 0 unspecified atom stereocenters. The molecular weight excluding hydrogens is 196 g/mol. The van der Waals surface area contributed by atoms with Gasteiger partial charge in [-0.1, -0.05) is 31.4 Å². The highest BCUT2D eigenvalue weighted by Crippen LogP contribution is 2.24. The Morgan fingerprint density at radius 2 is 2.00 bits per heavy atom. The Labute approximate surface area is 97.3 Å². The molecule has 2 nitrogen and oxygen atoms in total. The van der Waals surface area contributed by atoms with Crippen molar-refractivity contribution in [3.63, 3.8) is 0 Å². The van der Waals surface area contributed by atoms with E-state index in [-0.39, 0.29) is 0 Å². The predicted octanol–water partition coefficient (Wildman–Crippen LogP) is 3.61. The molecule has 1 aromatic rings. The fraction of sp³-hybridized carbons (Fsp3) is 0.500. The van der Waals surface area contributed by atoms with Crippen molar-refractivity contribution < 1.29 is 0 Å². The van der Waals surface area contributed by atoms with Crippen LogP contribution in [0.15, 0.2) is 18.2 Å². The average molecular weight is 214 g/mol. The van der Waals surface area contributed by atoms with Crippen LogP contribution in [0.2, 0.25) is 0 Å². The number of hydrogen-bond acceptors (Lipinski definition) is 2. The second kappa shape index (κ2) is 5.03. The Morgan fingerprint density at radius 3 is 2.69 bits per heavy atom. The Morgan fingerprint density at radius 1 is 1.25 bits per heavy atom. The molecule has 16 heavy (non-hydrogen) atoms. The second-order valence-electron chi connectivity index (χ2n) is 4.59. The van der Waals surface area contributed by atoms with Crippen LogP contribution in [0.1, 0.15) is 43.2 Å². The lowest BCUT2D eigenvalue weighted by molar-refractivity contribution is 0.462. The van der Waals surface area contributed by atoms with E-state index in [4.69, 9.17) is 5.26 Å². The van der Waals surface area contributed by atoms with Gasteiger partial charge in [-0.2, -0.15) is 5.26 Å². The first-order valence-electron chi connectivity index (χ1n) is 6.07. The summed E-state index contributed by atoms with van der Waals surface area (Å²) >= 11 is 0. The smallest absolute Gasteiger partial charge is 0.102 e. The molecule has 2 heteroatoms. The minimum Gasteiger partial charge on any atom is -0.381 e. The summed E-state index contributed by atoms with van der Waals surface area (Å²) < 4.78 is 0. The second-order valence-corrected chi connectivity index (χ2v) is 4.59. The van der Waals surface area contributed by atoms with Crippen molar-refractivity contribution >= 4 is 5.69 Å². The van der Waals surface area contributed by atoms with Crippen molar-refractivity contribution in [3.8, 4) is 6.07 Å². The van der Waals surface area contributed by atoms with E-state index in [1.165, 1.54) is 32.1 Å². The first-order valence-corrected chi connectivity index (χ1v) is 6.07. The number of benzene rings is 1. The van der Waals surface area contributed by atoms with Gasteiger partial charge in [0.15, 0.2) is 0 Å². The van der Waals surface area contributed by atoms with E-state index >= 15 is 0 Å². The summed E-state index contributed by atoms with van der Waals surface area (Å²) in [6.45, 7) is 1.99. The van der Waals surface area contributed by atoms with Crippen LogP contribution in [0, 0.1) is 18.3 Å². The minimum atomic E-state index is 0.558. The fourth-order valence-electron chi connectivity index (χ4n) is 2.40. The van der Waals surface area contributed by atoms with Gasteiger partial charge in [-0.3, -0.25) is 0 Å². The highest BCUT2D eigenvalue weighted by Gasteiger charge is 2.14. The Bertz CT molecular complexity index is 398. The lowest BCUT2D eigenvalue weighted by Crippen LogP contribution is -2.22. The van der Waals surface area contributed by atoms with Gasteiger partial charge < -0.3 is 5.32 Å². The van der Waals surface area contributed by atoms with Crippen molar-refractivity contribution in [3.05, 3.63) is 29.3 Å². The molecule has 1 aliphatic rings. The molecule has 2 rings (SSSR count). The third kappa shape index (κ3) is 2.36. The van der Waals surface area contributed by atoms with Gasteiger partial charge in [0.05, 0.1) is 11.3 Å². The molecule has 1 saturated carbocycles. The molecular formula is C14H18N2. The van der Waals surface area contributed by atoms with Crippen LogP contribution in [0.4, 0.5) is 5.69 Å². The van der Waals surface area contributed by atoms with Crippen molar-refractivity contribution in [2.24, 2.45) is 0 Å². The third-order valence-electron chi connectivity index (χ3n) is 3.35. The maximum Gasteiger partial charge on any atom is 0.102 e. The van der Waals surface area contributed by atoms with E-state index in [1.807, 2.05) is 25.1 Å². The maximum absolute atomic E-state index is 9.14. The van der Waals surface area contributed by atoms with E-state index in [0.29, 0.717) is 6.04 Å². The molecule has 0 bridgehead atoms. The molecule has 0 aromatic heterocycles. The quantitative estimate of drug-likeness (QED) is 0.816. The number of aryl methyl sites for hydroxylation is 1. The third-order valence-corrected chi connectivity index (χ3v) is 3.35. The highest BCUT2D eigenvalue weighted by molar-refractivity contribution is 5.61. The topological polar surface area (TPSA) is 35.8 Å². The molecule has 1 N–H and O–H groups in total. The van der Waals surface area contributed by atoms with Crippen LogP contribution in [-0.2, 0) is 0 Å². The van der Waals surface area contributed by atoms with Crippen LogP contribution in [0.3, 0.4) is 0 Å². The zero-order valence-corrected chi connectivity index (χ0v) is 9.79. The maximum atomic E-state index is 9.14. The van der Waals surface area contributed by atoms with E-state index < -0.39 is 0 Å². The summed E-state index contributed by atoms with van der Waals surface area (Å²) in [6.07, 6.45) is 6.45. The van der Waals surface area contributed by atoms with Crippen LogP contribution >= 0.6 is 0 Å². The molecule has 0 amide bonds.